The number of fused-ring (bicyclic) bond motifs is 1. The standard InChI is InChI=1S/C25H33FN6O6/c1-36-18-11-31(8-2-10-37-16-5-3-15(26)4-6-16)9-7-17(18)30-23-20-24(28-13-27-23)32(14-29-20)25-22(35)21(34)19(12-33)38-25/h3-6,13-14,17-19,21-22,25,33-35H,2,7-12H2,1H3,(H,27,28,30)/t17-,18+,19-,21-,22-,25-/m1/s1. The van der Waals surface area contributed by atoms with E-state index in [2.05, 4.69) is 25.2 Å². The maximum atomic E-state index is 13.0. The molecule has 2 aromatic heterocycles. The Morgan fingerprint density at radius 3 is 2.71 bits per heavy atom. The van der Waals surface area contributed by atoms with E-state index < -0.39 is 31.1 Å². The van der Waals surface area contributed by atoms with Gasteiger partial charge in [0, 0.05) is 26.7 Å². The van der Waals surface area contributed by atoms with E-state index in [-0.39, 0.29) is 18.0 Å². The number of imidazole rings is 1. The Hall–Kier alpha value is -2.94. The van der Waals surface area contributed by atoms with Gasteiger partial charge in [0.05, 0.1) is 31.7 Å². The molecule has 0 saturated carbocycles. The highest BCUT2D eigenvalue weighted by Crippen LogP contribution is 2.32. The summed E-state index contributed by atoms with van der Waals surface area (Å²) in [5.74, 6) is 0.905. The molecule has 4 heterocycles. The van der Waals surface area contributed by atoms with Gasteiger partial charge in [0.1, 0.15) is 36.2 Å². The largest absolute Gasteiger partial charge is 0.494 e. The Bertz CT molecular complexity index is 1200. The summed E-state index contributed by atoms with van der Waals surface area (Å²) in [6, 6.07) is 6.01. The number of rotatable bonds is 10. The van der Waals surface area contributed by atoms with Gasteiger partial charge in [0.15, 0.2) is 23.2 Å². The van der Waals surface area contributed by atoms with Crippen molar-refractivity contribution in [1.29, 1.82) is 0 Å². The number of aliphatic hydroxyl groups is 3. The molecule has 0 bridgehead atoms. The predicted octanol–water partition coefficient (Wildman–Crippen LogP) is 0.547. The van der Waals surface area contributed by atoms with Crippen LogP contribution in [0.15, 0.2) is 36.9 Å². The van der Waals surface area contributed by atoms with Crippen molar-refractivity contribution in [2.45, 2.75) is 49.5 Å². The third-order valence-corrected chi connectivity index (χ3v) is 7.12. The lowest BCUT2D eigenvalue weighted by molar-refractivity contribution is -0.0511. The van der Waals surface area contributed by atoms with Gasteiger partial charge >= 0.3 is 0 Å². The minimum atomic E-state index is -1.24. The first-order valence-corrected chi connectivity index (χ1v) is 12.7. The van der Waals surface area contributed by atoms with E-state index in [0.717, 1.165) is 32.5 Å². The average molecular weight is 533 g/mol. The van der Waals surface area contributed by atoms with E-state index in [1.165, 1.54) is 29.4 Å². The monoisotopic (exact) mass is 532 g/mol. The molecule has 13 heteroatoms. The minimum Gasteiger partial charge on any atom is -0.494 e. The number of benzene rings is 1. The van der Waals surface area contributed by atoms with Crippen LogP contribution in [0.4, 0.5) is 10.2 Å². The first kappa shape index (κ1) is 26.7. The van der Waals surface area contributed by atoms with Crippen molar-refractivity contribution in [3.63, 3.8) is 0 Å². The van der Waals surface area contributed by atoms with E-state index >= 15 is 0 Å². The molecule has 2 aliphatic rings. The zero-order valence-electron chi connectivity index (χ0n) is 21.1. The Labute approximate surface area is 219 Å². The number of nitrogens with one attached hydrogen (secondary N) is 1. The Morgan fingerprint density at radius 1 is 1.16 bits per heavy atom. The molecule has 206 valence electrons. The number of aliphatic hydroxyl groups excluding tert-OH is 3. The fraction of sp³-hybridized carbons (Fsp3) is 0.560. The van der Waals surface area contributed by atoms with Crippen LogP contribution in [0.5, 0.6) is 5.75 Å². The third-order valence-electron chi connectivity index (χ3n) is 7.12. The number of ether oxygens (including phenoxy) is 3. The molecule has 6 atom stereocenters. The van der Waals surface area contributed by atoms with Gasteiger partial charge in [0.25, 0.3) is 0 Å². The molecule has 2 saturated heterocycles. The van der Waals surface area contributed by atoms with Gasteiger partial charge in [-0.25, -0.2) is 19.3 Å². The first-order valence-electron chi connectivity index (χ1n) is 12.7. The van der Waals surface area contributed by atoms with Crippen LogP contribution in [-0.2, 0) is 9.47 Å². The van der Waals surface area contributed by atoms with E-state index in [0.29, 0.717) is 29.3 Å². The zero-order chi connectivity index (χ0) is 26.6. The number of hydrogen-bond acceptors (Lipinski definition) is 11. The van der Waals surface area contributed by atoms with Crippen molar-refractivity contribution in [3.05, 3.63) is 42.7 Å². The summed E-state index contributed by atoms with van der Waals surface area (Å²) in [5, 5.41) is 33.4. The first-order chi connectivity index (χ1) is 18.5. The fourth-order valence-electron chi connectivity index (χ4n) is 5.03. The van der Waals surface area contributed by atoms with Gasteiger partial charge in [-0.15, -0.1) is 0 Å². The second kappa shape index (κ2) is 11.8. The number of methoxy groups -OCH3 is 1. The summed E-state index contributed by atoms with van der Waals surface area (Å²) < 4.78 is 31.7. The molecule has 38 heavy (non-hydrogen) atoms. The second-order valence-electron chi connectivity index (χ2n) is 9.55. The van der Waals surface area contributed by atoms with Crippen molar-refractivity contribution < 1.29 is 33.9 Å². The molecule has 0 radical (unpaired) electrons. The van der Waals surface area contributed by atoms with E-state index in [1.54, 1.807) is 19.2 Å². The quantitative estimate of drug-likeness (QED) is 0.271. The molecule has 2 aliphatic heterocycles. The van der Waals surface area contributed by atoms with Gasteiger partial charge in [-0.05, 0) is 37.1 Å². The van der Waals surface area contributed by atoms with E-state index in [9.17, 15) is 19.7 Å². The van der Waals surface area contributed by atoms with Crippen LogP contribution < -0.4 is 10.1 Å². The van der Waals surface area contributed by atoms with Crippen LogP contribution in [0.3, 0.4) is 0 Å². The van der Waals surface area contributed by atoms with Crippen LogP contribution in [0.1, 0.15) is 19.1 Å². The van der Waals surface area contributed by atoms with Crippen LogP contribution in [-0.4, -0.2) is 110 Å². The number of nitrogens with zero attached hydrogens (tertiary/aromatic N) is 5. The molecular weight excluding hydrogens is 499 g/mol. The van der Waals surface area contributed by atoms with Crippen LogP contribution in [0.25, 0.3) is 11.2 Å². The van der Waals surface area contributed by atoms with Gasteiger partial charge in [-0.2, -0.15) is 0 Å². The van der Waals surface area contributed by atoms with Gasteiger partial charge in [-0.1, -0.05) is 0 Å². The highest BCUT2D eigenvalue weighted by molar-refractivity contribution is 5.82. The van der Waals surface area contributed by atoms with Crippen molar-refractivity contribution in [3.8, 4) is 5.75 Å². The molecule has 4 N–H and O–H groups in total. The molecule has 0 unspecified atom stereocenters. The average Bonchev–Trinajstić information content (AvgIpc) is 3.49. The number of halogens is 1. The summed E-state index contributed by atoms with van der Waals surface area (Å²) in [7, 11) is 1.69. The Morgan fingerprint density at radius 2 is 1.97 bits per heavy atom. The lowest BCUT2D eigenvalue weighted by atomic mass is 10.0. The van der Waals surface area contributed by atoms with Crippen molar-refractivity contribution in [2.24, 2.45) is 0 Å². The Kier molecular flexibility index (Phi) is 8.31. The maximum Gasteiger partial charge on any atom is 0.167 e. The number of anilines is 1. The second-order valence-corrected chi connectivity index (χ2v) is 9.55. The molecular formula is C25H33FN6O6. The summed E-state index contributed by atoms with van der Waals surface area (Å²) in [6.07, 6.45) is 0.163. The summed E-state index contributed by atoms with van der Waals surface area (Å²) in [5.41, 5.74) is 0.936. The molecule has 0 spiro atoms. The van der Waals surface area contributed by atoms with E-state index in [4.69, 9.17) is 14.2 Å². The smallest absolute Gasteiger partial charge is 0.167 e. The highest BCUT2D eigenvalue weighted by atomic mass is 19.1. The number of piperidine rings is 1. The topological polar surface area (TPSA) is 147 Å². The summed E-state index contributed by atoms with van der Waals surface area (Å²) >= 11 is 0. The van der Waals surface area contributed by atoms with E-state index in [1.807, 2.05) is 0 Å². The molecule has 3 aromatic rings. The van der Waals surface area contributed by atoms with Crippen LogP contribution >= 0.6 is 0 Å². The molecule has 12 nitrogen and oxygen atoms in total. The summed E-state index contributed by atoms with van der Waals surface area (Å²) in [6.45, 7) is 2.57. The summed E-state index contributed by atoms with van der Waals surface area (Å²) in [4.78, 5) is 15.5. The number of likely N-dealkylation sites (tertiary alicyclic amines) is 1. The molecule has 0 amide bonds. The van der Waals surface area contributed by atoms with Gasteiger partial charge < -0.3 is 39.7 Å². The van der Waals surface area contributed by atoms with Crippen molar-refractivity contribution in [2.75, 3.05) is 45.3 Å². The van der Waals surface area contributed by atoms with Crippen LogP contribution in [0.2, 0.25) is 0 Å². The zero-order valence-corrected chi connectivity index (χ0v) is 21.1. The van der Waals surface area contributed by atoms with Crippen LogP contribution in [0, 0.1) is 5.82 Å². The number of hydrogen-bond donors (Lipinski definition) is 4. The SMILES string of the molecule is CO[C@H]1CN(CCCOc2ccc(F)cc2)CC[C@H]1Nc1ncnc2c1ncn2[C@@H]1O[C@H](CO)[C@@H](O)[C@H]1O. The molecule has 2 fully saturated rings. The van der Waals surface area contributed by atoms with Gasteiger partial charge in [-0.3, -0.25) is 4.57 Å². The number of aromatic nitrogens is 4. The predicted molar refractivity (Wildman–Crippen MR) is 134 cm³/mol. The van der Waals surface area contributed by atoms with Crippen molar-refractivity contribution in [1.82, 2.24) is 24.4 Å². The molecule has 0 aliphatic carbocycles. The lowest BCUT2D eigenvalue weighted by Crippen LogP contribution is -2.51. The molecule has 5 rings (SSSR count). The maximum absolute atomic E-state index is 13.0. The normalized spacial score (nSPS) is 28.1. The third kappa shape index (κ3) is 5.58. The minimum absolute atomic E-state index is 0.0103. The van der Waals surface area contributed by atoms with Gasteiger partial charge in [0.2, 0.25) is 0 Å². The fourth-order valence-corrected chi connectivity index (χ4v) is 5.03. The van der Waals surface area contributed by atoms with Crippen molar-refractivity contribution >= 4 is 17.0 Å². The Balaban J connectivity index is 1.18. The lowest BCUT2D eigenvalue weighted by Gasteiger charge is -2.38. The molecule has 1 aromatic carbocycles. The highest BCUT2D eigenvalue weighted by Gasteiger charge is 2.44.